The van der Waals surface area contributed by atoms with Gasteiger partial charge in [0.2, 0.25) is 5.91 Å². The van der Waals surface area contributed by atoms with Crippen LogP contribution in [0.5, 0.6) is 0 Å². The molecule has 84 valence electrons. The predicted molar refractivity (Wildman–Crippen MR) is 58.3 cm³/mol. The SMILES string of the molecule is CC1NC2(CCCC2)C(=O)N1C1CCC1. The minimum atomic E-state index is -0.158. The molecule has 3 nitrogen and oxygen atoms in total. The van der Waals surface area contributed by atoms with E-state index in [2.05, 4.69) is 17.1 Å². The van der Waals surface area contributed by atoms with E-state index < -0.39 is 0 Å². The van der Waals surface area contributed by atoms with Gasteiger partial charge in [0.15, 0.2) is 0 Å². The predicted octanol–water partition coefficient (Wildman–Crippen LogP) is 1.63. The van der Waals surface area contributed by atoms with Gasteiger partial charge in [0.1, 0.15) is 0 Å². The molecule has 0 bridgehead atoms. The van der Waals surface area contributed by atoms with Crippen LogP contribution in [-0.2, 0) is 4.79 Å². The number of amides is 1. The average Bonchev–Trinajstić information content (AvgIpc) is 2.66. The summed E-state index contributed by atoms with van der Waals surface area (Å²) in [5.41, 5.74) is -0.158. The number of nitrogens with one attached hydrogen (secondary N) is 1. The Bertz CT molecular complexity index is 279. The van der Waals surface area contributed by atoms with Gasteiger partial charge in [-0.15, -0.1) is 0 Å². The minimum Gasteiger partial charge on any atom is -0.323 e. The summed E-state index contributed by atoms with van der Waals surface area (Å²) < 4.78 is 0. The molecule has 3 fully saturated rings. The fraction of sp³-hybridized carbons (Fsp3) is 0.917. The third kappa shape index (κ3) is 1.25. The van der Waals surface area contributed by atoms with Gasteiger partial charge in [0, 0.05) is 6.04 Å². The van der Waals surface area contributed by atoms with E-state index in [0.717, 1.165) is 12.8 Å². The molecule has 1 N–H and O–H groups in total. The van der Waals surface area contributed by atoms with Gasteiger partial charge in [-0.2, -0.15) is 0 Å². The van der Waals surface area contributed by atoms with Gasteiger partial charge < -0.3 is 4.90 Å². The fourth-order valence-corrected chi connectivity index (χ4v) is 3.44. The fourth-order valence-electron chi connectivity index (χ4n) is 3.44. The van der Waals surface area contributed by atoms with Crippen LogP contribution in [0.25, 0.3) is 0 Å². The molecule has 1 aliphatic heterocycles. The van der Waals surface area contributed by atoms with Gasteiger partial charge in [-0.1, -0.05) is 12.8 Å². The molecule has 0 aromatic heterocycles. The van der Waals surface area contributed by atoms with Crippen LogP contribution in [0, 0.1) is 0 Å². The van der Waals surface area contributed by atoms with Gasteiger partial charge in [-0.25, -0.2) is 0 Å². The van der Waals surface area contributed by atoms with E-state index in [1.54, 1.807) is 0 Å². The zero-order valence-electron chi connectivity index (χ0n) is 9.46. The van der Waals surface area contributed by atoms with Crippen LogP contribution in [0.1, 0.15) is 51.9 Å². The van der Waals surface area contributed by atoms with Crippen molar-refractivity contribution >= 4 is 5.91 Å². The zero-order valence-corrected chi connectivity index (χ0v) is 9.46. The van der Waals surface area contributed by atoms with Crippen molar-refractivity contribution in [3.05, 3.63) is 0 Å². The second-order valence-electron chi connectivity index (χ2n) is 5.41. The molecular weight excluding hydrogens is 188 g/mol. The van der Waals surface area contributed by atoms with Crippen molar-refractivity contribution in [2.75, 3.05) is 0 Å². The smallest absolute Gasteiger partial charge is 0.244 e. The topological polar surface area (TPSA) is 32.3 Å². The Morgan fingerprint density at radius 1 is 1.27 bits per heavy atom. The van der Waals surface area contributed by atoms with Gasteiger partial charge in [0.25, 0.3) is 0 Å². The van der Waals surface area contributed by atoms with Crippen molar-refractivity contribution in [3.8, 4) is 0 Å². The maximum absolute atomic E-state index is 12.4. The Balaban J connectivity index is 1.82. The highest BCUT2D eigenvalue weighted by molar-refractivity contribution is 5.89. The molecule has 3 heteroatoms. The highest BCUT2D eigenvalue weighted by Crippen LogP contribution is 2.39. The molecule has 0 aromatic rings. The first-order valence-electron chi connectivity index (χ1n) is 6.33. The summed E-state index contributed by atoms with van der Waals surface area (Å²) in [6.07, 6.45) is 8.53. The van der Waals surface area contributed by atoms with E-state index in [1.165, 1.54) is 32.1 Å². The molecular formula is C12H20N2O. The molecule has 3 aliphatic rings. The quantitative estimate of drug-likeness (QED) is 0.710. The lowest BCUT2D eigenvalue weighted by Gasteiger charge is -2.37. The van der Waals surface area contributed by atoms with Gasteiger partial charge in [-0.05, 0) is 39.0 Å². The summed E-state index contributed by atoms with van der Waals surface area (Å²) in [5.74, 6) is 0.400. The molecule has 1 spiro atoms. The highest BCUT2D eigenvalue weighted by atomic mass is 16.2. The van der Waals surface area contributed by atoms with Crippen LogP contribution in [0.3, 0.4) is 0 Å². The molecule has 2 aliphatic carbocycles. The van der Waals surface area contributed by atoms with Crippen molar-refractivity contribution in [1.82, 2.24) is 10.2 Å². The standard InChI is InChI=1S/C12H20N2O/c1-9-13-12(7-2-3-8-12)11(15)14(9)10-5-4-6-10/h9-10,13H,2-8H2,1H3. The first-order chi connectivity index (χ1) is 7.23. The third-order valence-corrected chi connectivity index (χ3v) is 4.47. The van der Waals surface area contributed by atoms with Crippen molar-refractivity contribution in [2.45, 2.75) is 69.6 Å². The monoisotopic (exact) mass is 208 g/mol. The van der Waals surface area contributed by atoms with Crippen molar-refractivity contribution in [1.29, 1.82) is 0 Å². The molecule has 0 radical (unpaired) electrons. The Hall–Kier alpha value is -0.570. The molecule has 0 aromatic carbocycles. The molecule has 2 saturated carbocycles. The van der Waals surface area contributed by atoms with Crippen molar-refractivity contribution in [2.24, 2.45) is 0 Å². The average molecular weight is 208 g/mol. The van der Waals surface area contributed by atoms with Crippen molar-refractivity contribution < 1.29 is 4.79 Å². The Kier molecular flexibility index (Phi) is 2.06. The van der Waals surface area contributed by atoms with Gasteiger partial charge >= 0.3 is 0 Å². The summed E-state index contributed by atoms with van der Waals surface area (Å²) in [5, 5.41) is 3.55. The lowest BCUT2D eigenvalue weighted by Crippen LogP contribution is -2.47. The van der Waals surface area contributed by atoms with Crippen LogP contribution < -0.4 is 5.32 Å². The normalized spacial score (nSPS) is 35.1. The largest absolute Gasteiger partial charge is 0.323 e. The molecule has 3 rings (SSSR count). The highest BCUT2D eigenvalue weighted by Gasteiger charge is 2.53. The summed E-state index contributed by atoms with van der Waals surface area (Å²) in [7, 11) is 0. The number of hydrogen-bond donors (Lipinski definition) is 1. The molecule has 1 amide bonds. The second-order valence-corrected chi connectivity index (χ2v) is 5.41. The number of carbonyl (C=O) groups excluding carboxylic acids is 1. The molecule has 15 heavy (non-hydrogen) atoms. The van der Waals surface area contributed by atoms with Crippen LogP contribution in [0.4, 0.5) is 0 Å². The first-order valence-corrected chi connectivity index (χ1v) is 6.33. The first kappa shape index (κ1) is 9.64. The number of carbonyl (C=O) groups is 1. The van der Waals surface area contributed by atoms with E-state index in [-0.39, 0.29) is 11.7 Å². The van der Waals surface area contributed by atoms with E-state index in [4.69, 9.17) is 0 Å². The van der Waals surface area contributed by atoms with Crippen LogP contribution in [0.2, 0.25) is 0 Å². The van der Waals surface area contributed by atoms with Gasteiger partial charge in [-0.3, -0.25) is 10.1 Å². The summed E-state index contributed by atoms with van der Waals surface area (Å²) in [6.45, 7) is 2.14. The molecule has 1 saturated heterocycles. The van der Waals surface area contributed by atoms with E-state index in [9.17, 15) is 4.79 Å². The Labute approximate surface area is 91.2 Å². The lowest BCUT2D eigenvalue weighted by molar-refractivity contribution is -0.136. The van der Waals surface area contributed by atoms with E-state index >= 15 is 0 Å². The maximum Gasteiger partial charge on any atom is 0.244 e. The minimum absolute atomic E-state index is 0.158. The zero-order chi connectivity index (χ0) is 10.5. The molecule has 1 heterocycles. The molecule has 1 atom stereocenters. The summed E-state index contributed by atoms with van der Waals surface area (Å²) >= 11 is 0. The summed E-state index contributed by atoms with van der Waals surface area (Å²) in [6, 6.07) is 0.542. The third-order valence-electron chi connectivity index (χ3n) is 4.47. The lowest BCUT2D eigenvalue weighted by atomic mass is 9.90. The Morgan fingerprint density at radius 2 is 1.93 bits per heavy atom. The number of rotatable bonds is 1. The van der Waals surface area contributed by atoms with Crippen molar-refractivity contribution in [3.63, 3.8) is 0 Å². The van der Waals surface area contributed by atoms with Crippen LogP contribution in [-0.4, -0.2) is 28.6 Å². The summed E-state index contributed by atoms with van der Waals surface area (Å²) in [4.78, 5) is 14.6. The number of nitrogens with zero attached hydrogens (tertiary/aromatic N) is 1. The molecule has 1 unspecified atom stereocenters. The maximum atomic E-state index is 12.4. The van der Waals surface area contributed by atoms with Gasteiger partial charge in [0.05, 0.1) is 11.7 Å². The van der Waals surface area contributed by atoms with Crippen LogP contribution in [0.15, 0.2) is 0 Å². The van der Waals surface area contributed by atoms with E-state index in [0.29, 0.717) is 11.9 Å². The Morgan fingerprint density at radius 3 is 2.47 bits per heavy atom. The van der Waals surface area contributed by atoms with E-state index in [1.807, 2.05) is 0 Å². The number of hydrogen-bond acceptors (Lipinski definition) is 2. The second kappa shape index (κ2) is 3.21. The van der Waals surface area contributed by atoms with Crippen LogP contribution >= 0.6 is 0 Å².